The number of urea groups is 1. The van der Waals surface area contributed by atoms with Gasteiger partial charge in [0.1, 0.15) is 0 Å². The Kier molecular flexibility index (Phi) is 7.50. The normalized spacial score (nSPS) is 9.90. The van der Waals surface area contributed by atoms with Crippen molar-refractivity contribution in [1.29, 1.82) is 0 Å². The summed E-state index contributed by atoms with van der Waals surface area (Å²) in [7, 11) is 0. The van der Waals surface area contributed by atoms with Crippen molar-refractivity contribution in [2.45, 2.75) is 19.8 Å². The number of carbonyl (C=O) groups excluding carboxylic acids is 2. The van der Waals surface area contributed by atoms with Gasteiger partial charge in [-0.3, -0.25) is 4.79 Å². The monoisotopic (exact) mass is 297 g/mol. The van der Waals surface area contributed by atoms with Crippen LogP contribution in [0.4, 0.5) is 4.79 Å². The number of benzene rings is 1. The summed E-state index contributed by atoms with van der Waals surface area (Å²) in [6, 6.07) is 7.14. The number of hydrogen-bond acceptors (Lipinski definition) is 2. The van der Waals surface area contributed by atoms with Crippen LogP contribution in [-0.2, 0) is 11.2 Å². The summed E-state index contributed by atoms with van der Waals surface area (Å²) in [5.41, 5.74) is 1.05. The molecule has 0 radical (unpaired) electrons. The van der Waals surface area contributed by atoms with Gasteiger partial charge in [-0.2, -0.15) is 0 Å². The van der Waals surface area contributed by atoms with E-state index in [2.05, 4.69) is 16.0 Å². The van der Waals surface area contributed by atoms with E-state index < -0.39 is 0 Å². The van der Waals surface area contributed by atoms with E-state index in [0.717, 1.165) is 12.0 Å². The van der Waals surface area contributed by atoms with Gasteiger partial charge in [0.05, 0.1) is 6.54 Å². The third-order valence-electron chi connectivity index (χ3n) is 2.57. The van der Waals surface area contributed by atoms with Crippen molar-refractivity contribution in [2.75, 3.05) is 19.6 Å². The Labute approximate surface area is 124 Å². The van der Waals surface area contributed by atoms with Gasteiger partial charge in [-0.15, -0.1) is 0 Å². The highest BCUT2D eigenvalue weighted by atomic mass is 35.5. The Morgan fingerprint density at radius 3 is 2.65 bits per heavy atom. The van der Waals surface area contributed by atoms with Crippen molar-refractivity contribution in [2.24, 2.45) is 0 Å². The summed E-state index contributed by atoms with van der Waals surface area (Å²) in [5.74, 6) is -0.183. The first-order chi connectivity index (χ1) is 9.61. The molecule has 3 amide bonds. The molecular formula is C14H20ClN3O2. The predicted octanol–water partition coefficient (Wildman–Crippen LogP) is 1.71. The summed E-state index contributed by atoms with van der Waals surface area (Å²) < 4.78 is 0. The molecule has 0 heterocycles. The lowest BCUT2D eigenvalue weighted by Crippen LogP contribution is -2.42. The second-order valence-corrected chi connectivity index (χ2v) is 4.78. The molecule has 0 saturated heterocycles. The molecule has 0 unspecified atom stereocenters. The molecule has 3 N–H and O–H groups in total. The topological polar surface area (TPSA) is 70.2 Å². The van der Waals surface area contributed by atoms with E-state index in [9.17, 15) is 9.59 Å². The fourth-order valence-corrected chi connectivity index (χ4v) is 1.78. The molecule has 5 nitrogen and oxygen atoms in total. The Hall–Kier alpha value is -1.75. The number of hydrogen-bond donors (Lipinski definition) is 3. The molecule has 20 heavy (non-hydrogen) atoms. The Morgan fingerprint density at radius 1 is 1.15 bits per heavy atom. The zero-order chi connectivity index (χ0) is 14.8. The molecule has 1 rings (SSSR count). The Bertz CT molecular complexity index is 452. The van der Waals surface area contributed by atoms with Crippen LogP contribution in [0.3, 0.4) is 0 Å². The molecule has 0 aromatic heterocycles. The van der Waals surface area contributed by atoms with Crippen molar-refractivity contribution < 1.29 is 9.59 Å². The third-order valence-corrected chi connectivity index (χ3v) is 2.81. The molecule has 0 saturated carbocycles. The number of rotatable bonds is 7. The summed E-state index contributed by atoms with van der Waals surface area (Å²) in [4.78, 5) is 22.7. The minimum Gasteiger partial charge on any atom is -0.355 e. The third kappa shape index (κ3) is 6.99. The zero-order valence-electron chi connectivity index (χ0n) is 11.5. The van der Waals surface area contributed by atoms with Gasteiger partial charge >= 0.3 is 6.03 Å². The van der Waals surface area contributed by atoms with Gasteiger partial charge in [0.25, 0.3) is 0 Å². The zero-order valence-corrected chi connectivity index (χ0v) is 12.3. The van der Waals surface area contributed by atoms with Crippen LogP contribution in [0.15, 0.2) is 24.3 Å². The predicted molar refractivity (Wildman–Crippen MR) is 79.9 cm³/mol. The van der Waals surface area contributed by atoms with Crippen molar-refractivity contribution in [3.8, 4) is 0 Å². The van der Waals surface area contributed by atoms with Gasteiger partial charge in [-0.25, -0.2) is 4.79 Å². The van der Waals surface area contributed by atoms with Crippen LogP contribution < -0.4 is 16.0 Å². The second-order valence-electron chi connectivity index (χ2n) is 4.34. The Balaban J connectivity index is 2.15. The number of nitrogens with one attached hydrogen (secondary N) is 3. The van der Waals surface area contributed by atoms with Crippen LogP contribution in [0.1, 0.15) is 18.9 Å². The smallest absolute Gasteiger partial charge is 0.315 e. The Morgan fingerprint density at radius 2 is 1.95 bits per heavy atom. The lowest BCUT2D eigenvalue weighted by Gasteiger charge is -2.08. The van der Waals surface area contributed by atoms with Crippen molar-refractivity contribution >= 4 is 23.5 Å². The van der Waals surface area contributed by atoms with Crippen molar-refractivity contribution in [3.63, 3.8) is 0 Å². The highest BCUT2D eigenvalue weighted by Crippen LogP contribution is 2.10. The molecular weight excluding hydrogens is 278 g/mol. The lowest BCUT2D eigenvalue weighted by atomic mass is 10.1. The second kappa shape index (κ2) is 9.20. The molecule has 0 aliphatic carbocycles. The van der Waals surface area contributed by atoms with Gasteiger partial charge in [-0.1, -0.05) is 30.7 Å². The van der Waals surface area contributed by atoms with Crippen LogP contribution in [0.5, 0.6) is 0 Å². The van der Waals surface area contributed by atoms with E-state index in [-0.39, 0.29) is 18.5 Å². The quantitative estimate of drug-likeness (QED) is 0.717. The molecule has 1 aromatic rings. The maximum Gasteiger partial charge on any atom is 0.315 e. The first kappa shape index (κ1) is 16.3. The minimum absolute atomic E-state index is 0.0109. The van der Waals surface area contributed by atoms with Crippen LogP contribution >= 0.6 is 11.6 Å². The number of halogens is 1. The lowest BCUT2D eigenvalue weighted by molar-refractivity contribution is -0.120. The van der Waals surface area contributed by atoms with E-state index in [0.29, 0.717) is 24.5 Å². The minimum atomic E-state index is -0.348. The van der Waals surface area contributed by atoms with E-state index >= 15 is 0 Å². The summed E-state index contributed by atoms with van der Waals surface area (Å²) in [5, 5.41) is 8.55. The summed E-state index contributed by atoms with van der Waals surface area (Å²) in [6.07, 6.45) is 1.56. The van der Waals surface area contributed by atoms with Gasteiger partial charge in [0.15, 0.2) is 0 Å². The average Bonchev–Trinajstić information content (AvgIpc) is 2.43. The average molecular weight is 298 g/mol. The summed E-state index contributed by atoms with van der Waals surface area (Å²) in [6.45, 7) is 3.07. The summed E-state index contributed by atoms with van der Waals surface area (Å²) >= 11 is 5.87. The van der Waals surface area contributed by atoms with Crippen LogP contribution in [0.25, 0.3) is 0 Å². The van der Waals surface area contributed by atoms with Gasteiger partial charge in [0.2, 0.25) is 5.91 Å². The fourth-order valence-electron chi connectivity index (χ4n) is 1.56. The SMILES string of the molecule is CCCNC(=O)CNC(=O)NCCc1cccc(Cl)c1. The first-order valence-corrected chi connectivity index (χ1v) is 7.02. The maximum absolute atomic E-state index is 11.5. The molecule has 1 aromatic carbocycles. The van der Waals surface area contributed by atoms with Gasteiger partial charge in [0, 0.05) is 18.1 Å². The highest BCUT2D eigenvalue weighted by Gasteiger charge is 2.04. The van der Waals surface area contributed by atoms with Crippen LogP contribution in [0, 0.1) is 0 Å². The highest BCUT2D eigenvalue weighted by molar-refractivity contribution is 6.30. The van der Waals surface area contributed by atoms with Gasteiger partial charge < -0.3 is 16.0 Å². The number of carbonyl (C=O) groups is 2. The van der Waals surface area contributed by atoms with Crippen LogP contribution in [0.2, 0.25) is 5.02 Å². The standard InChI is InChI=1S/C14H20ClN3O2/c1-2-7-16-13(19)10-18-14(20)17-8-6-11-4-3-5-12(15)9-11/h3-5,9H,2,6-8,10H2,1H3,(H,16,19)(H2,17,18,20). The fraction of sp³-hybridized carbons (Fsp3) is 0.429. The first-order valence-electron chi connectivity index (χ1n) is 6.64. The molecule has 0 aliphatic heterocycles. The van der Waals surface area contributed by atoms with E-state index in [4.69, 9.17) is 11.6 Å². The van der Waals surface area contributed by atoms with Crippen molar-refractivity contribution in [1.82, 2.24) is 16.0 Å². The van der Waals surface area contributed by atoms with Crippen LogP contribution in [-0.4, -0.2) is 31.6 Å². The molecule has 0 atom stereocenters. The largest absolute Gasteiger partial charge is 0.355 e. The molecule has 0 fully saturated rings. The molecule has 0 bridgehead atoms. The molecule has 110 valence electrons. The number of amides is 3. The molecule has 6 heteroatoms. The molecule has 0 spiro atoms. The van der Waals surface area contributed by atoms with Gasteiger partial charge in [-0.05, 0) is 30.5 Å². The van der Waals surface area contributed by atoms with E-state index in [1.807, 2.05) is 25.1 Å². The maximum atomic E-state index is 11.5. The van der Waals surface area contributed by atoms with E-state index in [1.165, 1.54) is 0 Å². The molecule has 0 aliphatic rings. The van der Waals surface area contributed by atoms with Crippen molar-refractivity contribution in [3.05, 3.63) is 34.9 Å². The van der Waals surface area contributed by atoms with E-state index in [1.54, 1.807) is 6.07 Å².